The summed E-state index contributed by atoms with van der Waals surface area (Å²) in [7, 11) is 0. The van der Waals surface area contributed by atoms with Crippen molar-refractivity contribution in [3.8, 4) is 0 Å². The van der Waals surface area contributed by atoms with E-state index in [0.717, 1.165) is 19.3 Å². The van der Waals surface area contributed by atoms with Crippen LogP contribution in [0.1, 0.15) is 72.6 Å². The van der Waals surface area contributed by atoms with Gasteiger partial charge in [0, 0.05) is 6.04 Å². The number of hydrogen-bond donors (Lipinski definition) is 1. The Kier molecular flexibility index (Phi) is 5.48. The van der Waals surface area contributed by atoms with Crippen LogP contribution in [-0.2, 0) is 4.79 Å². The SMILES string of the molecule is CCCCC1NC(C(C)C)N(C(C)C2CCCC2)C1=O. The Bertz CT molecular complexity index is 323. The van der Waals surface area contributed by atoms with Crippen molar-refractivity contribution in [2.45, 2.75) is 90.9 Å². The molecule has 1 aliphatic heterocycles. The molecule has 0 spiro atoms. The van der Waals surface area contributed by atoms with Gasteiger partial charge >= 0.3 is 0 Å². The zero-order chi connectivity index (χ0) is 14.7. The van der Waals surface area contributed by atoms with Crippen molar-refractivity contribution in [1.82, 2.24) is 10.2 Å². The predicted molar refractivity (Wildman–Crippen MR) is 83.3 cm³/mol. The molecule has 20 heavy (non-hydrogen) atoms. The minimum Gasteiger partial charge on any atom is -0.323 e. The van der Waals surface area contributed by atoms with Crippen LogP contribution in [0.5, 0.6) is 0 Å². The standard InChI is InChI=1S/C17H32N2O/c1-5-6-11-15-17(20)19(16(18-15)12(2)3)13(4)14-9-7-8-10-14/h12-16,18H,5-11H2,1-4H3. The number of hydrogen-bond acceptors (Lipinski definition) is 2. The molecule has 3 heteroatoms. The van der Waals surface area contributed by atoms with Crippen molar-refractivity contribution in [2.75, 3.05) is 0 Å². The van der Waals surface area contributed by atoms with Crippen molar-refractivity contribution >= 4 is 5.91 Å². The molecule has 2 aliphatic rings. The average Bonchev–Trinajstić information content (AvgIpc) is 3.04. The van der Waals surface area contributed by atoms with Crippen LogP contribution in [0.4, 0.5) is 0 Å². The molecule has 3 unspecified atom stereocenters. The summed E-state index contributed by atoms with van der Waals surface area (Å²) < 4.78 is 0. The Morgan fingerprint density at radius 3 is 2.45 bits per heavy atom. The lowest BCUT2D eigenvalue weighted by Gasteiger charge is -2.36. The molecule has 3 nitrogen and oxygen atoms in total. The Hall–Kier alpha value is -0.570. The van der Waals surface area contributed by atoms with Gasteiger partial charge in [-0.2, -0.15) is 0 Å². The van der Waals surface area contributed by atoms with Gasteiger partial charge in [-0.1, -0.05) is 46.5 Å². The molecule has 116 valence electrons. The first-order valence-electron chi connectivity index (χ1n) is 8.64. The Labute approximate surface area is 124 Å². The van der Waals surface area contributed by atoms with Crippen LogP contribution in [0.25, 0.3) is 0 Å². The van der Waals surface area contributed by atoms with E-state index in [9.17, 15) is 4.79 Å². The highest BCUT2D eigenvalue weighted by Crippen LogP contribution is 2.34. The van der Waals surface area contributed by atoms with Crippen molar-refractivity contribution < 1.29 is 4.79 Å². The third-order valence-corrected chi connectivity index (χ3v) is 5.22. The molecule has 1 N–H and O–H groups in total. The second-order valence-corrected chi connectivity index (χ2v) is 7.08. The molecular formula is C17H32N2O. The van der Waals surface area contributed by atoms with Crippen molar-refractivity contribution in [3.63, 3.8) is 0 Å². The normalized spacial score (nSPS) is 29.6. The van der Waals surface area contributed by atoms with Gasteiger partial charge in [0.05, 0.1) is 12.2 Å². The number of rotatable bonds is 6. The highest BCUT2D eigenvalue weighted by Gasteiger charge is 2.44. The van der Waals surface area contributed by atoms with Crippen LogP contribution >= 0.6 is 0 Å². The zero-order valence-electron chi connectivity index (χ0n) is 13.7. The molecule has 0 radical (unpaired) electrons. The van der Waals surface area contributed by atoms with Crippen molar-refractivity contribution in [2.24, 2.45) is 11.8 Å². The third-order valence-electron chi connectivity index (χ3n) is 5.22. The van der Waals surface area contributed by atoms with E-state index in [1.807, 2.05) is 0 Å². The summed E-state index contributed by atoms with van der Waals surface area (Å²) in [5.74, 6) is 1.55. The van der Waals surface area contributed by atoms with Crippen molar-refractivity contribution in [1.29, 1.82) is 0 Å². The molecule has 1 saturated heterocycles. The molecule has 2 fully saturated rings. The van der Waals surface area contributed by atoms with Crippen LogP contribution in [0, 0.1) is 11.8 Å². The van der Waals surface area contributed by atoms with E-state index in [2.05, 4.69) is 37.9 Å². The van der Waals surface area contributed by atoms with Crippen molar-refractivity contribution in [3.05, 3.63) is 0 Å². The third kappa shape index (κ3) is 3.19. The van der Waals surface area contributed by atoms with E-state index in [-0.39, 0.29) is 12.2 Å². The molecule has 2 rings (SSSR count). The highest BCUT2D eigenvalue weighted by molar-refractivity contribution is 5.84. The minimum atomic E-state index is 0.0613. The first kappa shape index (κ1) is 15.8. The molecule has 1 heterocycles. The second-order valence-electron chi connectivity index (χ2n) is 7.08. The van der Waals surface area contributed by atoms with E-state index >= 15 is 0 Å². The smallest absolute Gasteiger partial charge is 0.241 e. The fraction of sp³-hybridized carbons (Fsp3) is 0.941. The van der Waals surface area contributed by atoms with Crippen LogP contribution in [0.15, 0.2) is 0 Å². The van der Waals surface area contributed by atoms with Gasteiger partial charge in [-0.15, -0.1) is 0 Å². The number of amides is 1. The Morgan fingerprint density at radius 2 is 1.90 bits per heavy atom. The van der Waals surface area contributed by atoms with E-state index in [4.69, 9.17) is 0 Å². The van der Waals surface area contributed by atoms with Gasteiger partial charge < -0.3 is 4.90 Å². The molecule has 1 aliphatic carbocycles. The number of unbranched alkanes of at least 4 members (excludes halogenated alkanes) is 1. The van der Waals surface area contributed by atoms with Crippen LogP contribution in [0.3, 0.4) is 0 Å². The number of carbonyl (C=O) groups is 1. The summed E-state index contributed by atoms with van der Waals surface area (Å²) in [5.41, 5.74) is 0. The lowest BCUT2D eigenvalue weighted by Crippen LogP contribution is -2.48. The van der Waals surface area contributed by atoms with E-state index in [1.165, 1.54) is 25.7 Å². The quantitative estimate of drug-likeness (QED) is 0.807. The monoisotopic (exact) mass is 280 g/mol. The van der Waals surface area contributed by atoms with Gasteiger partial charge in [0.15, 0.2) is 0 Å². The number of carbonyl (C=O) groups excluding carboxylic acids is 1. The lowest BCUT2D eigenvalue weighted by atomic mass is 9.96. The Morgan fingerprint density at radius 1 is 1.25 bits per heavy atom. The predicted octanol–water partition coefficient (Wildman–Crippen LogP) is 3.54. The maximum atomic E-state index is 12.8. The van der Waals surface area contributed by atoms with Crippen LogP contribution in [0.2, 0.25) is 0 Å². The average molecular weight is 280 g/mol. The van der Waals surface area contributed by atoms with E-state index < -0.39 is 0 Å². The van der Waals surface area contributed by atoms with E-state index in [0.29, 0.717) is 23.8 Å². The van der Waals surface area contributed by atoms with Crippen LogP contribution in [-0.4, -0.2) is 29.1 Å². The van der Waals surface area contributed by atoms with Gasteiger partial charge in [-0.25, -0.2) is 0 Å². The second kappa shape index (κ2) is 6.93. The van der Waals surface area contributed by atoms with Gasteiger partial charge in [0.2, 0.25) is 5.91 Å². The summed E-state index contributed by atoms with van der Waals surface area (Å²) in [6.07, 6.45) is 8.82. The molecule has 0 aromatic carbocycles. The van der Waals surface area contributed by atoms with Gasteiger partial charge in [-0.05, 0) is 38.0 Å². The maximum absolute atomic E-state index is 12.8. The minimum absolute atomic E-state index is 0.0613. The lowest BCUT2D eigenvalue weighted by molar-refractivity contribution is -0.133. The first-order valence-corrected chi connectivity index (χ1v) is 8.64. The summed E-state index contributed by atoms with van der Waals surface area (Å²) in [5, 5.41) is 3.61. The van der Waals surface area contributed by atoms with Gasteiger partial charge in [0.25, 0.3) is 0 Å². The zero-order valence-corrected chi connectivity index (χ0v) is 13.7. The summed E-state index contributed by atoms with van der Waals surface area (Å²) in [4.78, 5) is 15.0. The fourth-order valence-electron chi connectivity index (χ4n) is 3.92. The molecule has 0 bridgehead atoms. The molecule has 3 atom stereocenters. The molecule has 1 saturated carbocycles. The molecule has 1 amide bonds. The van der Waals surface area contributed by atoms with E-state index in [1.54, 1.807) is 0 Å². The summed E-state index contributed by atoms with van der Waals surface area (Å²) >= 11 is 0. The van der Waals surface area contributed by atoms with Crippen LogP contribution < -0.4 is 5.32 Å². The van der Waals surface area contributed by atoms with Gasteiger partial charge in [0.1, 0.15) is 0 Å². The largest absolute Gasteiger partial charge is 0.323 e. The topological polar surface area (TPSA) is 32.3 Å². The van der Waals surface area contributed by atoms with Gasteiger partial charge in [-0.3, -0.25) is 10.1 Å². The molecule has 0 aromatic rings. The first-order chi connectivity index (χ1) is 9.56. The maximum Gasteiger partial charge on any atom is 0.241 e. The highest BCUT2D eigenvalue weighted by atomic mass is 16.2. The molecule has 0 aromatic heterocycles. The summed E-state index contributed by atoms with van der Waals surface area (Å²) in [6.45, 7) is 8.91. The molecular weight excluding hydrogens is 248 g/mol. The number of nitrogens with zero attached hydrogens (tertiary/aromatic N) is 1. The Balaban J connectivity index is 2.08. The summed E-state index contributed by atoms with van der Waals surface area (Å²) in [6, 6.07) is 0.461. The number of nitrogens with one attached hydrogen (secondary N) is 1. The fourth-order valence-corrected chi connectivity index (χ4v) is 3.92.